The van der Waals surface area contributed by atoms with E-state index in [1.54, 1.807) is 0 Å². The van der Waals surface area contributed by atoms with Gasteiger partial charge in [0, 0.05) is 64.4 Å². The summed E-state index contributed by atoms with van der Waals surface area (Å²) in [4.78, 5) is 33.0. The van der Waals surface area contributed by atoms with Gasteiger partial charge in [-0.1, -0.05) is 48.5 Å². The smallest absolute Gasteiger partial charge is 0.324 e. The van der Waals surface area contributed by atoms with Crippen LogP contribution in [0.3, 0.4) is 0 Å². The normalized spacial score (nSPS) is 17.3. The van der Waals surface area contributed by atoms with Gasteiger partial charge in [0.15, 0.2) is 11.9 Å². The van der Waals surface area contributed by atoms with Gasteiger partial charge >= 0.3 is 12.1 Å². The molecule has 12 nitrogen and oxygen atoms in total. The molecule has 0 atom stereocenters. The Kier molecular flexibility index (Phi) is 9.23. The third-order valence-electron chi connectivity index (χ3n) is 8.57. The molecule has 0 spiro atoms. The number of fused-ring (bicyclic) bond motifs is 2. The molecule has 8 N–H and O–H groups in total. The zero-order valence-corrected chi connectivity index (χ0v) is 24.0. The fourth-order valence-corrected chi connectivity index (χ4v) is 6.21. The Morgan fingerprint density at radius 1 is 0.667 bits per heavy atom. The Morgan fingerprint density at radius 3 is 1.26 bits per heavy atom. The first kappa shape index (κ1) is 29.3. The molecule has 3 aliphatic rings. The number of amides is 4. The third kappa shape index (κ3) is 7.18. The summed E-state index contributed by atoms with van der Waals surface area (Å²) in [5.74, 6) is -0.517. The summed E-state index contributed by atoms with van der Waals surface area (Å²) in [5.41, 5.74) is 16.6. The second kappa shape index (κ2) is 13.2. The number of hydrogen-bond donors (Lipinski definition) is 6. The Balaban J connectivity index is 1.02. The van der Waals surface area contributed by atoms with E-state index in [0.29, 0.717) is 26.2 Å². The first-order valence-electron chi connectivity index (χ1n) is 14.7. The highest BCUT2D eigenvalue weighted by Gasteiger charge is 2.28. The molecule has 2 aromatic rings. The molecule has 0 aromatic heterocycles. The van der Waals surface area contributed by atoms with Crippen LogP contribution in [0.15, 0.2) is 48.5 Å². The molecule has 4 amide bonds. The topological polar surface area (TPSA) is 171 Å². The van der Waals surface area contributed by atoms with Crippen LogP contribution in [0.2, 0.25) is 0 Å². The molecule has 2 aromatic carbocycles. The van der Waals surface area contributed by atoms with Crippen LogP contribution in [0.4, 0.5) is 9.59 Å². The van der Waals surface area contributed by atoms with E-state index in [4.69, 9.17) is 22.3 Å². The van der Waals surface area contributed by atoms with Crippen LogP contribution in [0.25, 0.3) is 0 Å². The van der Waals surface area contributed by atoms with Crippen LogP contribution in [0.5, 0.6) is 0 Å². The van der Waals surface area contributed by atoms with Crippen LogP contribution in [-0.2, 0) is 25.7 Å². The lowest BCUT2D eigenvalue weighted by molar-refractivity contribution is 0.123. The van der Waals surface area contributed by atoms with Gasteiger partial charge in [-0.3, -0.25) is 30.4 Å². The Hall–Kier alpha value is -4.16. The van der Waals surface area contributed by atoms with Gasteiger partial charge in [0.1, 0.15) is 0 Å². The second-order valence-electron chi connectivity index (χ2n) is 11.4. The van der Waals surface area contributed by atoms with E-state index >= 15 is 0 Å². The molecule has 0 unspecified atom stereocenters. The quantitative estimate of drug-likeness (QED) is 0.201. The summed E-state index contributed by atoms with van der Waals surface area (Å²) < 4.78 is 0. The van der Waals surface area contributed by atoms with Gasteiger partial charge in [-0.05, 0) is 47.9 Å². The van der Waals surface area contributed by atoms with Crippen LogP contribution in [0.1, 0.15) is 22.3 Å². The number of carbonyl (C=O) groups is 2. The minimum atomic E-state index is -0.331. The number of piperazine rings is 1. The van der Waals surface area contributed by atoms with Crippen molar-refractivity contribution in [3.63, 3.8) is 0 Å². The van der Waals surface area contributed by atoms with Crippen LogP contribution in [0, 0.1) is 10.8 Å². The minimum Gasteiger partial charge on any atom is -0.370 e. The first-order chi connectivity index (χ1) is 20.3. The maximum Gasteiger partial charge on any atom is 0.324 e. The lowest BCUT2D eigenvalue weighted by atomic mass is 10.1. The summed E-state index contributed by atoms with van der Waals surface area (Å²) in [6.07, 6.45) is 3.14. The van der Waals surface area contributed by atoms with E-state index in [2.05, 4.69) is 44.7 Å². The molecule has 12 heteroatoms. The van der Waals surface area contributed by atoms with Gasteiger partial charge in [-0.15, -0.1) is 0 Å². The maximum absolute atomic E-state index is 12.9. The minimum absolute atomic E-state index is 0.00593. The molecule has 224 valence electrons. The molecular weight excluding hydrogens is 532 g/mol. The van der Waals surface area contributed by atoms with Crippen molar-refractivity contribution in [3.8, 4) is 0 Å². The lowest BCUT2D eigenvalue weighted by Gasteiger charge is -2.36. The molecule has 0 bridgehead atoms. The van der Waals surface area contributed by atoms with Crippen molar-refractivity contribution < 1.29 is 9.59 Å². The Bertz CT molecular complexity index is 1160. The zero-order chi connectivity index (χ0) is 29.6. The van der Waals surface area contributed by atoms with Crippen molar-refractivity contribution in [1.29, 1.82) is 10.8 Å². The van der Waals surface area contributed by atoms with Gasteiger partial charge in [-0.25, -0.2) is 9.59 Å². The standard InChI is InChI=1S/C30H42N10O2/c31-27(32)39(29(41)35-25-17-21-5-1-2-6-22(21)18-25)15-13-37-9-11-38(12-10-37)14-16-40(28(33)34)30(42)36-26-19-23-7-3-4-8-24(23)20-26/h1-8,25-26H,9-20H2,(H3,31,32)(H3,33,34)(H,35,41)(H,36,42). The molecule has 0 saturated carbocycles. The van der Waals surface area contributed by atoms with Crippen molar-refractivity contribution in [2.75, 3.05) is 52.4 Å². The number of carbonyl (C=O) groups excluding carboxylic acids is 2. The molecule has 5 rings (SSSR count). The van der Waals surface area contributed by atoms with Crippen molar-refractivity contribution in [2.45, 2.75) is 37.8 Å². The van der Waals surface area contributed by atoms with E-state index in [1.807, 2.05) is 24.3 Å². The van der Waals surface area contributed by atoms with E-state index in [1.165, 1.54) is 32.1 Å². The number of guanidine groups is 2. The predicted octanol–water partition coefficient (Wildman–Crippen LogP) is 0.749. The zero-order valence-electron chi connectivity index (χ0n) is 24.0. The van der Waals surface area contributed by atoms with E-state index in [0.717, 1.165) is 51.9 Å². The second-order valence-corrected chi connectivity index (χ2v) is 11.4. The molecule has 0 radical (unpaired) electrons. The van der Waals surface area contributed by atoms with E-state index < -0.39 is 0 Å². The molecule has 2 aliphatic carbocycles. The lowest BCUT2D eigenvalue weighted by Crippen LogP contribution is -2.55. The number of nitrogens with two attached hydrogens (primary N) is 2. The number of urea groups is 2. The number of nitrogens with one attached hydrogen (secondary N) is 4. The fraction of sp³-hybridized carbons (Fsp3) is 0.467. The average molecular weight is 575 g/mol. The Labute approximate surface area is 247 Å². The van der Waals surface area contributed by atoms with E-state index in [-0.39, 0.29) is 36.1 Å². The van der Waals surface area contributed by atoms with Gasteiger partial charge in [0.2, 0.25) is 0 Å². The average Bonchev–Trinajstić information content (AvgIpc) is 3.56. The highest BCUT2D eigenvalue weighted by Crippen LogP contribution is 2.22. The molecule has 1 fully saturated rings. The van der Waals surface area contributed by atoms with Gasteiger partial charge in [0.25, 0.3) is 0 Å². The van der Waals surface area contributed by atoms with Crippen LogP contribution >= 0.6 is 0 Å². The number of rotatable bonds is 8. The SMILES string of the molecule is N=C(N)N(CCN1CCN(CCN(C(=N)N)C(=O)NC2Cc3ccccc3C2)CC1)C(=O)NC1Cc2ccccc2C1. The van der Waals surface area contributed by atoms with Crippen LogP contribution < -0.4 is 22.1 Å². The highest BCUT2D eigenvalue weighted by atomic mass is 16.2. The number of nitrogens with zero attached hydrogens (tertiary/aromatic N) is 4. The van der Waals surface area contributed by atoms with Gasteiger partial charge in [0.05, 0.1) is 0 Å². The van der Waals surface area contributed by atoms with E-state index in [9.17, 15) is 9.59 Å². The third-order valence-corrected chi connectivity index (χ3v) is 8.57. The molecular formula is C30H42N10O2. The fourth-order valence-electron chi connectivity index (χ4n) is 6.21. The van der Waals surface area contributed by atoms with Gasteiger partial charge < -0.3 is 22.1 Å². The molecule has 1 heterocycles. The van der Waals surface area contributed by atoms with Crippen molar-refractivity contribution in [1.82, 2.24) is 30.2 Å². The van der Waals surface area contributed by atoms with Crippen molar-refractivity contribution >= 4 is 24.0 Å². The molecule has 1 aliphatic heterocycles. The highest BCUT2D eigenvalue weighted by molar-refractivity contribution is 5.94. The first-order valence-corrected chi connectivity index (χ1v) is 14.7. The summed E-state index contributed by atoms with van der Waals surface area (Å²) in [7, 11) is 0. The van der Waals surface area contributed by atoms with Gasteiger partial charge in [-0.2, -0.15) is 0 Å². The summed E-state index contributed by atoms with van der Waals surface area (Å²) in [5, 5.41) is 22.0. The van der Waals surface area contributed by atoms with Crippen molar-refractivity contribution in [2.24, 2.45) is 11.5 Å². The maximum atomic E-state index is 12.9. The molecule has 1 saturated heterocycles. The van der Waals surface area contributed by atoms with Crippen LogP contribution in [-0.4, -0.2) is 108 Å². The summed E-state index contributed by atoms with van der Waals surface area (Å²) in [6, 6.07) is 15.8. The predicted molar refractivity (Wildman–Crippen MR) is 162 cm³/mol. The number of benzene rings is 2. The summed E-state index contributed by atoms with van der Waals surface area (Å²) >= 11 is 0. The monoisotopic (exact) mass is 574 g/mol. The number of hydrogen-bond acceptors (Lipinski definition) is 6. The Morgan fingerprint density at radius 2 is 0.976 bits per heavy atom. The summed E-state index contributed by atoms with van der Waals surface area (Å²) in [6.45, 7) is 5.05. The van der Waals surface area contributed by atoms with Crippen molar-refractivity contribution in [3.05, 3.63) is 70.8 Å². The molecule has 42 heavy (non-hydrogen) atoms. The largest absolute Gasteiger partial charge is 0.370 e.